The number of hydrogen-bond acceptors (Lipinski definition) is 2. The average Bonchev–Trinajstić information content (AvgIpc) is 3.69. The summed E-state index contributed by atoms with van der Waals surface area (Å²) in [6.07, 6.45) is 4.11. The number of fused-ring (bicyclic) bond motifs is 4. The maximum Gasteiger partial charge on any atom is 0.168 e. The van der Waals surface area contributed by atoms with Crippen molar-refractivity contribution in [2.75, 3.05) is 0 Å². The van der Waals surface area contributed by atoms with Gasteiger partial charge in [0.15, 0.2) is 17.4 Å². The van der Waals surface area contributed by atoms with Crippen LogP contribution in [0, 0.1) is 6.92 Å². The fraction of sp³-hybridized carbons (Fsp3) is 0.0233. The number of nitrogens with zero attached hydrogens (tertiary/aromatic N) is 4. The zero-order chi connectivity index (χ0) is 32.0. The van der Waals surface area contributed by atoms with Crippen LogP contribution in [0.3, 0.4) is 0 Å². The van der Waals surface area contributed by atoms with E-state index in [1.165, 1.54) is 37.2 Å². The minimum absolute atomic E-state index is 0.914. The summed E-state index contributed by atoms with van der Waals surface area (Å²) in [7, 11) is 0. The summed E-state index contributed by atoms with van der Waals surface area (Å²) in [6.45, 7) is 2.16. The second-order valence-corrected chi connectivity index (χ2v) is 13.2. The van der Waals surface area contributed by atoms with Gasteiger partial charge in [0.05, 0.1) is 11.0 Å². The van der Waals surface area contributed by atoms with Crippen molar-refractivity contribution < 1.29 is 0 Å². The molecule has 0 aliphatic heterocycles. The third-order valence-electron chi connectivity index (χ3n) is 9.07. The number of aromatic nitrogens is 4. The van der Waals surface area contributed by atoms with E-state index in [1.54, 1.807) is 11.8 Å². The van der Waals surface area contributed by atoms with E-state index < -0.39 is 0 Å². The quantitative estimate of drug-likeness (QED) is 0.170. The first kappa shape index (κ1) is 28.3. The Morgan fingerprint density at radius 3 is 2.02 bits per heavy atom. The number of rotatable bonds is 6. The molecule has 228 valence electrons. The molecule has 6 aromatic carbocycles. The van der Waals surface area contributed by atoms with E-state index in [2.05, 4.69) is 185 Å². The van der Waals surface area contributed by atoms with E-state index in [0.717, 1.165) is 39.3 Å². The molecule has 4 nitrogen and oxygen atoms in total. The van der Waals surface area contributed by atoms with E-state index >= 15 is 0 Å². The van der Waals surface area contributed by atoms with E-state index in [9.17, 15) is 0 Å². The zero-order valence-corrected chi connectivity index (χ0v) is 27.2. The molecule has 0 aliphatic rings. The molecule has 3 aromatic heterocycles. The molecule has 0 bridgehead atoms. The fourth-order valence-corrected chi connectivity index (χ4v) is 7.72. The van der Waals surface area contributed by atoms with Crippen LogP contribution in [0.1, 0.15) is 5.56 Å². The van der Waals surface area contributed by atoms with E-state index in [-0.39, 0.29) is 0 Å². The summed E-state index contributed by atoms with van der Waals surface area (Å²) in [4.78, 5) is 7.25. The van der Waals surface area contributed by atoms with Crippen molar-refractivity contribution in [1.29, 1.82) is 0 Å². The number of pyridine rings is 1. The molecule has 0 amide bonds. The van der Waals surface area contributed by atoms with Gasteiger partial charge in [0.2, 0.25) is 0 Å². The van der Waals surface area contributed by atoms with Gasteiger partial charge < -0.3 is 0 Å². The molecule has 9 rings (SSSR count). The molecule has 0 radical (unpaired) electrons. The van der Waals surface area contributed by atoms with Crippen LogP contribution in [0.5, 0.6) is 0 Å². The van der Waals surface area contributed by atoms with Crippen LogP contribution in [-0.4, -0.2) is 18.7 Å². The Hall–Kier alpha value is -5.91. The summed E-state index contributed by atoms with van der Waals surface area (Å²) in [5, 5.41) is 2.44. The Labute approximate surface area is 283 Å². The minimum Gasteiger partial charge on any atom is -0.294 e. The highest BCUT2D eigenvalue weighted by Gasteiger charge is 2.18. The van der Waals surface area contributed by atoms with Crippen molar-refractivity contribution in [2.24, 2.45) is 0 Å². The lowest BCUT2D eigenvalue weighted by atomic mass is 10.0. The van der Waals surface area contributed by atoms with Gasteiger partial charge in [-0.25, -0.2) is 4.98 Å². The Morgan fingerprint density at radius 1 is 0.521 bits per heavy atom. The first-order valence-corrected chi connectivity index (χ1v) is 16.9. The first-order valence-electron chi connectivity index (χ1n) is 16.1. The molecule has 0 saturated heterocycles. The van der Waals surface area contributed by atoms with Gasteiger partial charge in [-0.1, -0.05) is 96.7 Å². The fourth-order valence-electron chi connectivity index (χ4n) is 6.81. The number of benzene rings is 6. The molecule has 9 aromatic rings. The van der Waals surface area contributed by atoms with Gasteiger partial charge in [0, 0.05) is 45.0 Å². The third-order valence-corrected chi connectivity index (χ3v) is 10.1. The van der Waals surface area contributed by atoms with Gasteiger partial charge in [-0.05, 0) is 78.2 Å². The SMILES string of the molecule is Cc1ccccc1-c1ccnc(-n2c3ccccc3c3ccc(Sc4cccc(-n5[cH+]n(-c6ccccc6)c6ccccc65)c4)cc32)c1. The van der Waals surface area contributed by atoms with E-state index in [4.69, 9.17) is 4.98 Å². The standard InChI is InChI=1S/C43H31N4S/c1-30-12-5-6-17-36(30)31-24-25-44-43(26-31)47-39-19-8-7-18-37(39)38-23-22-35(28-42(38)47)48-34-16-11-15-33(27-34)46-29-45(32-13-3-2-4-14-32)40-20-9-10-21-41(40)46/h2-29H,1H3/q+1. The van der Waals surface area contributed by atoms with E-state index in [1.807, 2.05) is 6.20 Å². The topological polar surface area (TPSA) is 27.7 Å². The second kappa shape index (κ2) is 11.7. The average molecular weight is 636 g/mol. The summed E-state index contributed by atoms with van der Waals surface area (Å²) in [5.41, 5.74) is 10.5. The second-order valence-electron chi connectivity index (χ2n) is 12.0. The minimum atomic E-state index is 0.914. The molecule has 0 aliphatic carbocycles. The van der Waals surface area contributed by atoms with Gasteiger partial charge in [-0.2, -0.15) is 9.13 Å². The lowest BCUT2D eigenvalue weighted by Crippen LogP contribution is -1.98. The smallest absolute Gasteiger partial charge is 0.168 e. The van der Waals surface area contributed by atoms with Crippen molar-refractivity contribution in [3.05, 3.63) is 176 Å². The van der Waals surface area contributed by atoms with Gasteiger partial charge in [-0.3, -0.25) is 4.57 Å². The van der Waals surface area contributed by atoms with Gasteiger partial charge >= 0.3 is 0 Å². The van der Waals surface area contributed by atoms with Gasteiger partial charge in [0.25, 0.3) is 0 Å². The maximum absolute atomic E-state index is 4.90. The molecular formula is C43H31N4S+. The van der Waals surface area contributed by atoms with Gasteiger partial charge in [0.1, 0.15) is 17.2 Å². The van der Waals surface area contributed by atoms with Crippen LogP contribution in [0.15, 0.2) is 180 Å². The van der Waals surface area contributed by atoms with Crippen molar-refractivity contribution in [3.63, 3.8) is 0 Å². The molecule has 3 heterocycles. The highest BCUT2D eigenvalue weighted by molar-refractivity contribution is 7.99. The Balaban J connectivity index is 1.13. The highest BCUT2D eigenvalue weighted by Crippen LogP contribution is 2.37. The number of aryl methyl sites for hydroxylation is 1. The molecule has 0 unspecified atom stereocenters. The number of para-hydroxylation sites is 4. The highest BCUT2D eigenvalue weighted by atomic mass is 32.2. The van der Waals surface area contributed by atoms with Crippen LogP contribution < -0.4 is 0 Å². The summed E-state index contributed by atoms with van der Waals surface area (Å²) in [5.74, 6) is 0.914. The largest absolute Gasteiger partial charge is 0.294 e. The normalized spacial score (nSPS) is 11.5. The molecule has 48 heavy (non-hydrogen) atoms. The predicted octanol–water partition coefficient (Wildman–Crippen LogP) is 11.3. The molecule has 0 saturated carbocycles. The number of hydrogen-bond donors (Lipinski definition) is 0. The van der Waals surface area contributed by atoms with Crippen molar-refractivity contribution in [3.8, 4) is 28.3 Å². The maximum atomic E-state index is 4.90. The van der Waals surface area contributed by atoms with Gasteiger partial charge in [-0.15, -0.1) is 0 Å². The molecule has 0 spiro atoms. The Bertz CT molecular complexity index is 2620. The first-order chi connectivity index (χ1) is 23.7. The molecule has 0 fully saturated rings. The van der Waals surface area contributed by atoms with Crippen LogP contribution in [0.2, 0.25) is 0 Å². The lowest BCUT2D eigenvalue weighted by Gasteiger charge is -2.11. The van der Waals surface area contributed by atoms with E-state index in [0.29, 0.717) is 0 Å². The van der Waals surface area contributed by atoms with Crippen LogP contribution in [0.25, 0.3) is 61.2 Å². The molecule has 0 atom stereocenters. The lowest BCUT2D eigenvalue weighted by molar-refractivity contribution is 1.01. The summed E-state index contributed by atoms with van der Waals surface area (Å²) >= 11 is 1.78. The van der Waals surface area contributed by atoms with Crippen LogP contribution >= 0.6 is 11.8 Å². The van der Waals surface area contributed by atoms with Crippen LogP contribution in [-0.2, 0) is 0 Å². The monoisotopic (exact) mass is 635 g/mol. The third kappa shape index (κ3) is 4.88. The number of imidazole rings is 1. The molecular weight excluding hydrogens is 605 g/mol. The zero-order valence-electron chi connectivity index (χ0n) is 26.4. The van der Waals surface area contributed by atoms with Crippen LogP contribution in [0.4, 0.5) is 0 Å². The van der Waals surface area contributed by atoms with Crippen molar-refractivity contribution in [2.45, 2.75) is 16.7 Å². The van der Waals surface area contributed by atoms with Crippen molar-refractivity contribution in [1.82, 2.24) is 18.7 Å². The predicted molar refractivity (Wildman–Crippen MR) is 200 cm³/mol. The summed E-state index contributed by atoms with van der Waals surface area (Å²) in [6, 6.07) is 56.1. The van der Waals surface area contributed by atoms with Crippen molar-refractivity contribution >= 4 is 44.6 Å². The summed E-state index contributed by atoms with van der Waals surface area (Å²) < 4.78 is 6.84. The Kier molecular flexibility index (Phi) is 6.91. The Morgan fingerprint density at radius 2 is 1.19 bits per heavy atom. The molecule has 0 N–H and O–H groups in total. The molecule has 5 heteroatoms.